The summed E-state index contributed by atoms with van der Waals surface area (Å²) in [6.45, 7) is 1.42. The van der Waals surface area contributed by atoms with Gasteiger partial charge >= 0.3 is 0 Å². The van der Waals surface area contributed by atoms with Gasteiger partial charge in [0, 0.05) is 6.54 Å². The zero-order valence-electron chi connectivity index (χ0n) is 14.4. The van der Waals surface area contributed by atoms with Crippen molar-refractivity contribution in [2.75, 3.05) is 13.2 Å². The molecule has 0 radical (unpaired) electrons. The number of amides is 1. The normalized spacial score (nSPS) is 11.3. The quantitative estimate of drug-likeness (QED) is 0.492. The SMILES string of the molecule is O=C(NCCOCc1ccccc1)/C(=C/c1ccco1)c1ccccc1. The number of rotatable bonds is 8. The summed E-state index contributed by atoms with van der Waals surface area (Å²) in [4.78, 5) is 12.6. The molecule has 4 nitrogen and oxygen atoms in total. The molecule has 1 heterocycles. The van der Waals surface area contributed by atoms with E-state index in [9.17, 15) is 4.79 Å². The molecule has 1 amide bonds. The lowest BCUT2D eigenvalue weighted by Crippen LogP contribution is -2.28. The lowest BCUT2D eigenvalue weighted by Gasteiger charge is -2.10. The fourth-order valence-corrected chi connectivity index (χ4v) is 2.51. The summed E-state index contributed by atoms with van der Waals surface area (Å²) in [5.74, 6) is 0.482. The summed E-state index contributed by atoms with van der Waals surface area (Å²) in [5, 5.41) is 2.91. The van der Waals surface area contributed by atoms with Crippen LogP contribution in [0.15, 0.2) is 83.5 Å². The summed E-state index contributed by atoms with van der Waals surface area (Å²) < 4.78 is 11.0. The van der Waals surface area contributed by atoms with E-state index in [4.69, 9.17) is 9.15 Å². The number of benzene rings is 2. The molecule has 0 saturated carbocycles. The number of nitrogens with one attached hydrogen (secondary N) is 1. The lowest BCUT2D eigenvalue weighted by molar-refractivity contribution is -0.115. The van der Waals surface area contributed by atoms with Gasteiger partial charge in [-0.2, -0.15) is 0 Å². The third-order valence-corrected chi connectivity index (χ3v) is 3.80. The fourth-order valence-electron chi connectivity index (χ4n) is 2.51. The van der Waals surface area contributed by atoms with Crippen LogP contribution in [-0.4, -0.2) is 19.1 Å². The Morgan fingerprint density at radius 3 is 2.38 bits per heavy atom. The highest BCUT2D eigenvalue weighted by molar-refractivity contribution is 6.24. The van der Waals surface area contributed by atoms with Crippen molar-refractivity contribution in [3.8, 4) is 0 Å². The molecule has 4 heteroatoms. The number of furan rings is 1. The van der Waals surface area contributed by atoms with E-state index in [0.717, 1.165) is 11.1 Å². The molecule has 1 aromatic heterocycles. The first-order chi connectivity index (χ1) is 12.8. The molecular formula is C22H21NO3. The smallest absolute Gasteiger partial charge is 0.252 e. The van der Waals surface area contributed by atoms with Gasteiger partial charge in [0.25, 0.3) is 5.91 Å². The van der Waals surface area contributed by atoms with Crippen LogP contribution < -0.4 is 5.32 Å². The van der Waals surface area contributed by atoms with Crippen LogP contribution in [0, 0.1) is 0 Å². The average Bonchev–Trinajstić information content (AvgIpc) is 3.20. The molecule has 0 aliphatic rings. The first kappa shape index (κ1) is 17.7. The summed E-state index contributed by atoms with van der Waals surface area (Å²) >= 11 is 0. The molecule has 0 atom stereocenters. The maximum absolute atomic E-state index is 12.6. The van der Waals surface area contributed by atoms with Crippen molar-refractivity contribution >= 4 is 17.6 Å². The Bertz CT molecular complexity index is 824. The molecule has 0 unspecified atom stereocenters. The van der Waals surface area contributed by atoms with Crippen LogP contribution in [0.1, 0.15) is 16.9 Å². The molecule has 0 aliphatic heterocycles. The van der Waals surface area contributed by atoms with Crippen LogP contribution in [0.4, 0.5) is 0 Å². The topological polar surface area (TPSA) is 51.5 Å². The minimum Gasteiger partial charge on any atom is -0.465 e. The van der Waals surface area contributed by atoms with Crippen molar-refractivity contribution in [1.29, 1.82) is 0 Å². The Kier molecular flexibility index (Phi) is 6.40. The largest absolute Gasteiger partial charge is 0.465 e. The number of hydrogen-bond donors (Lipinski definition) is 1. The van der Waals surface area contributed by atoms with Crippen molar-refractivity contribution < 1.29 is 13.9 Å². The zero-order valence-corrected chi connectivity index (χ0v) is 14.4. The van der Waals surface area contributed by atoms with Crippen molar-refractivity contribution in [1.82, 2.24) is 5.32 Å². The third-order valence-electron chi connectivity index (χ3n) is 3.80. The monoisotopic (exact) mass is 347 g/mol. The first-order valence-corrected chi connectivity index (χ1v) is 8.53. The second-order valence-electron chi connectivity index (χ2n) is 5.73. The van der Waals surface area contributed by atoms with Gasteiger partial charge in [0.15, 0.2) is 0 Å². The Morgan fingerprint density at radius 1 is 0.962 bits per heavy atom. The molecule has 0 bridgehead atoms. The maximum atomic E-state index is 12.6. The third kappa shape index (κ3) is 5.19. The summed E-state index contributed by atoms with van der Waals surface area (Å²) in [6.07, 6.45) is 3.33. The molecule has 0 aliphatic carbocycles. The molecule has 0 fully saturated rings. The number of ether oxygens (including phenoxy) is 1. The molecule has 132 valence electrons. The van der Waals surface area contributed by atoms with E-state index >= 15 is 0 Å². The minimum atomic E-state index is -0.157. The van der Waals surface area contributed by atoms with Gasteiger partial charge in [-0.25, -0.2) is 0 Å². The van der Waals surface area contributed by atoms with E-state index < -0.39 is 0 Å². The van der Waals surface area contributed by atoms with Gasteiger partial charge in [0.05, 0.1) is 25.1 Å². The first-order valence-electron chi connectivity index (χ1n) is 8.53. The molecule has 26 heavy (non-hydrogen) atoms. The second kappa shape index (κ2) is 9.39. The van der Waals surface area contributed by atoms with Crippen LogP contribution in [-0.2, 0) is 16.1 Å². The molecule has 3 aromatic rings. The Balaban J connectivity index is 1.56. The summed E-state index contributed by atoms with van der Waals surface area (Å²) in [5.41, 5.74) is 2.51. The fraction of sp³-hybridized carbons (Fsp3) is 0.136. The van der Waals surface area contributed by atoms with Crippen LogP contribution in [0.5, 0.6) is 0 Å². The highest BCUT2D eigenvalue weighted by atomic mass is 16.5. The zero-order chi connectivity index (χ0) is 18.0. The van der Waals surface area contributed by atoms with E-state index in [2.05, 4.69) is 5.32 Å². The van der Waals surface area contributed by atoms with E-state index in [1.807, 2.05) is 66.7 Å². The molecular weight excluding hydrogens is 326 g/mol. The summed E-state index contributed by atoms with van der Waals surface area (Å²) in [7, 11) is 0. The van der Waals surface area contributed by atoms with Gasteiger partial charge in [-0.15, -0.1) is 0 Å². The highest BCUT2D eigenvalue weighted by Gasteiger charge is 2.12. The molecule has 1 N–H and O–H groups in total. The Hall–Kier alpha value is -3.11. The lowest BCUT2D eigenvalue weighted by atomic mass is 10.0. The molecule has 3 rings (SSSR count). The standard InChI is InChI=1S/C22H21NO3/c24-22(23-13-15-25-17-18-8-3-1-4-9-18)21(16-20-12-7-14-26-20)19-10-5-2-6-11-19/h1-12,14,16H,13,15,17H2,(H,23,24)/b21-16+. The number of carbonyl (C=O) groups excluding carboxylic acids is 1. The van der Waals surface area contributed by atoms with E-state index in [1.54, 1.807) is 18.4 Å². The Morgan fingerprint density at radius 2 is 1.69 bits per heavy atom. The molecule has 0 saturated heterocycles. The van der Waals surface area contributed by atoms with Crippen molar-refractivity contribution in [2.45, 2.75) is 6.61 Å². The molecule has 2 aromatic carbocycles. The minimum absolute atomic E-state index is 0.157. The summed E-state index contributed by atoms with van der Waals surface area (Å²) in [6, 6.07) is 23.1. The van der Waals surface area contributed by atoms with Gasteiger partial charge in [-0.05, 0) is 29.3 Å². The Labute approximate surface area is 153 Å². The van der Waals surface area contributed by atoms with Crippen LogP contribution in [0.25, 0.3) is 11.6 Å². The van der Waals surface area contributed by atoms with Crippen LogP contribution in [0.2, 0.25) is 0 Å². The average molecular weight is 347 g/mol. The predicted octanol–water partition coefficient (Wildman–Crippen LogP) is 4.15. The molecule has 0 spiro atoms. The van der Waals surface area contributed by atoms with Crippen LogP contribution >= 0.6 is 0 Å². The van der Waals surface area contributed by atoms with E-state index in [0.29, 0.717) is 31.1 Å². The van der Waals surface area contributed by atoms with E-state index in [1.165, 1.54) is 0 Å². The van der Waals surface area contributed by atoms with Crippen molar-refractivity contribution in [3.05, 3.63) is 95.9 Å². The van der Waals surface area contributed by atoms with Crippen LogP contribution in [0.3, 0.4) is 0 Å². The maximum Gasteiger partial charge on any atom is 0.252 e. The number of carbonyl (C=O) groups is 1. The highest BCUT2D eigenvalue weighted by Crippen LogP contribution is 2.18. The van der Waals surface area contributed by atoms with Gasteiger partial charge in [-0.1, -0.05) is 60.7 Å². The van der Waals surface area contributed by atoms with Crippen molar-refractivity contribution in [2.24, 2.45) is 0 Å². The van der Waals surface area contributed by atoms with Crippen molar-refractivity contribution in [3.63, 3.8) is 0 Å². The van der Waals surface area contributed by atoms with Gasteiger partial charge < -0.3 is 14.5 Å². The van der Waals surface area contributed by atoms with Gasteiger partial charge in [-0.3, -0.25) is 4.79 Å². The second-order valence-corrected chi connectivity index (χ2v) is 5.73. The number of hydrogen-bond acceptors (Lipinski definition) is 3. The van der Waals surface area contributed by atoms with Gasteiger partial charge in [0.2, 0.25) is 0 Å². The van der Waals surface area contributed by atoms with Gasteiger partial charge in [0.1, 0.15) is 5.76 Å². The predicted molar refractivity (Wildman–Crippen MR) is 102 cm³/mol. The van der Waals surface area contributed by atoms with E-state index in [-0.39, 0.29) is 5.91 Å².